The lowest BCUT2D eigenvalue weighted by Gasteiger charge is -2.34. The monoisotopic (exact) mass is 682 g/mol. The number of likely N-dealkylation sites (tertiary alicyclic amines) is 5. The van der Waals surface area contributed by atoms with Crippen LogP contribution in [0.4, 0.5) is 11.4 Å². The number of nitrogens with zero attached hydrogens (tertiary/aromatic N) is 5. The summed E-state index contributed by atoms with van der Waals surface area (Å²) >= 11 is 0. The molecule has 7 rings (SSSR count). The van der Waals surface area contributed by atoms with E-state index in [4.69, 9.17) is 0 Å². The van der Waals surface area contributed by atoms with Crippen molar-refractivity contribution in [2.24, 2.45) is 11.8 Å². The van der Waals surface area contributed by atoms with Crippen LogP contribution in [0.1, 0.15) is 103 Å². The quantitative estimate of drug-likeness (QED) is 0.253. The van der Waals surface area contributed by atoms with Gasteiger partial charge in [0.05, 0.1) is 11.3 Å². The number of hydrogen-bond donors (Lipinski definition) is 1. The Kier molecular flexibility index (Phi) is 12.4. The van der Waals surface area contributed by atoms with Crippen LogP contribution < -0.4 is 5.32 Å². The van der Waals surface area contributed by atoms with Crippen LogP contribution in [0.15, 0.2) is 42.5 Å². The number of hydrogen-bond acceptors (Lipinski definition) is 6. The maximum atomic E-state index is 14.2. The van der Waals surface area contributed by atoms with Gasteiger partial charge in [-0.05, 0) is 184 Å². The van der Waals surface area contributed by atoms with E-state index >= 15 is 0 Å². The smallest absolute Gasteiger partial charge is 0.255 e. The van der Waals surface area contributed by atoms with Gasteiger partial charge in [-0.1, -0.05) is 12.1 Å². The van der Waals surface area contributed by atoms with Gasteiger partial charge in [0.1, 0.15) is 0 Å². The fourth-order valence-electron chi connectivity index (χ4n) is 9.17. The molecule has 50 heavy (non-hydrogen) atoms. The second-order valence-electron chi connectivity index (χ2n) is 16.0. The second kappa shape index (κ2) is 17.5. The van der Waals surface area contributed by atoms with E-state index in [0.717, 1.165) is 76.2 Å². The summed E-state index contributed by atoms with van der Waals surface area (Å²) in [6, 6.07) is 14.4. The highest BCUT2D eigenvalue weighted by Gasteiger charge is 2.28. The maximum Gasteiger partial charge on any atom is 0.255 e. The third-order valence-corrected chi connectivity index (χ3v) is 12.5. The van der Waals surface area contributed by atoms with Crippen molar-refractivity contribution < 1.29 is 9.59 Å². The normalized spacial score (nSPS) is 21.8. The van der Waals surface area contributed by atoms with Crippen molar-refractivity contribution in [1.82, 2.24) is 24.5 Å². The van der Waals surface area contributed by atoms with Gasteiger partial charge >= 0.3 is 0 Å². The highest BCUT2D eigenvalue weighted by molar-refractivity contribution is 6.03. The zero-order valence-electron chi connectivity index (χ0n) is 30.6. The molecule has 0 aliphatic carbocycles. The van der Waals surface area contributed by atoms with E-state index < -0.39 is 0 Å². The molecular weight excluding hydrogens is 621 g/mol. The summed E-state index contributed by atoms with van der Waals surface area (Å²) in [4.78, 5) is 39.9. The Morgan fingerprint density at radius 1 is 0.580 bits per heavy atom. The summed E-state index contributed by atoms with van der Waals surface area (Å²) in [6.07, 6.45) is 15.8. The van der Waals surface area contributed by atoms with Gasteiger partial charge in [0, 0.05) is 44.0 Å². The van der Waals surface area contributed by atoms with Crippen LogP contribution >= 0.6 is 0 Å². The molecule has 2 aromatic rings. The first-order chi connectivity index (χ1) is 24.6. The Morgan fingerprint density at radius 2 is 1.10 bits per heavy atom. The van der Waals surface area contributed by atoms with Gasteiger partial charge in [0.25, 0.3) is 11.8 Å². The Hall–Kier alpha value is -2.94. The average molecular weight is 683 g/mol. The fourth-order valence-corrected chi connectivity index (χ4v) is 9.17. The molecule has 0 unspecified atom stereocenters. The highest BCUT2D eigenvalue weighted by Crippen LogP contribution is 2.30. The third kappa shape index (κ3) is 9.48. The van der Waals surface area contributed by atoms with E-state index in [1.165, 1.54) is 109 Å². The predicted octanol–water partition coefficient (Wildman–Crippen LogP) is 6.74. The number of piperidine rings is 2. The number of carbonyl (C=O) groups excluding carboxylic acids is 2. The molecule has 5 fully saturated rings. The molecule has 272 valence electrons. The van der Waals surface area contributed by atoms with Crippen LogP contribution in [-0.4, -0.2) is 121 Å². The Morgan fingerprint density at radius 3 is 1.66 bits per heavy atom. The maximum absolute atomic E-state index is 14.2. The van der Waals surface area contributed by atoms with Crippen molar-refractivity contribution in [2.75, 3.05) is 90.4 Å². The molecule has 5 aliphatic heterocycles. The first-order valence-corrected chi connectivity index (χ1v) is 20.3. The van der Waals surface area contributed by atoms with Crippen molar-refractivity contribution in [2.45, 2.75) is 83.5 Å². The number of nitrogens with one attached hydrogen (secondary N) is 1. The molecule has 8 heteroatoms. The summed E-state index contributed by atoms with van der Waals surface area (Å²) in [5.41, 5.74) is 4.35. The summed E-state index contributed by atoms with van der Waals surface area (Å²) in [6.45, 7) is 14.2. The van der Waals surface area contributed by atoms with E-state index in [9.17, 15) is 9.59 Å². The lowest BCUT2D eigenvalue weighted by molar-refractivity contribution is 0.0671. The molecule has 0 bridgehead atoms. The van der Waals surface area contributed by atoms with Gasteiger partial charge in [-0.25, -0.2) is 0 Å². The van der Waals surface area contributed by atoms with Crippen molar-refractivity contribution >= 4 is 23.2 Å². The minimum Gasteiger partial charge on any atom is -0.355 e. The van der Waals surface area contributed by atoms with Crippen LogP contribution in [0.5, 0.6) is 0 Å². The summed E-state index contributed by atoms with van der Waals surface area (Å²) in [7, 11) is 0. The molecule has 2 aromatic carbocycles. The lowest BCUT2D eigenvalue weighted by atomic mass is 9.92. The average Bonchev–Trinajstić information content (AvgIpc) is 3.98. The van der Waals surface area contributed by atoms with Gasteiger partial charge in [-0.3, -0.25) is 9.59 Å². The molecular formula is C42H62N6O2. The van der Waals surface area contributed by atoms with E-state index in [-0.39, 0.29) is 11.8 Å². The van der Waals surface area contributed by atoms with Gasteiger partial charge in [-0.2, -0.15) is 0 Å². The minimum atomic E-state index is 0.0773. The lowest BCUT2D eigenvalue weighted by Crippen LogP contribution is -2.40. The van der Waals surface area contributed by atoms with Crippen LogP contribution in [0, 0.1) is 11.8 Å². The molecule has 5 heterocycles. The molecule has 8 nitrogen and oxygen atoms in total. The largest absolute Gasteiger partial charge is 0.355 e. The van der Waals surface area contributed by atoms with Crippen LogP contribution in [0.2, 0.25) is 0 Å². The summed E-state index contributed by atoms with van der Waals surface area (Å²) in [5.74, 6) is 1.57. The minimum absolute atomic E-state index is 0.0773. The number of anilines is 2. The zero-order chi connectivity index (χ0) is 34.1. The van der Waals surface area contributed by atoms with Crippen molar-refractivity contribution in [1.29, 1.82) is 0 Å². The summed E-state index contributed by atoms with van der Waals surface area (Å²) in [5, 5.41) is 3.63. The van der Waals surface area contributed by atoms with E-state index in [1.807, 2.05) is 28.0 Å². The number of carbonyl (C=O) groups is 2. The highest BCUT2D eigenvalue weighted by atomic mass is 16.2. The molecule has 5 aliphatic rings. The topological polar surface area (TPSA) is 62.4 Å². The standard InChI is InChI=1S/C42H62N6O2/c49-41(47-28-15-34(16-29-47)12-25-44-19-1-2-20-44)37-10-11-39(42(50)48-30-17-35(18-31-48)13-26-45-21-3-4-22-45)40(33-37)43-38-9-7-8-36(32-38)14-27-46-23-5-6-24-46/h7-11,32-35,43H,1-6,12-31H2. The second-order valence-corrected chi connectivity index (χ2v) is 16.0. The van der Waals surface area contributed by atoms with Crippen molar-refractivity contribution in [3.05, 3.63) is 59.2 Å². The molecule has 1 N–H and O–H groups in total. The number of amides is 2. The third-order valence-electron chi connectivity index (χ3n) is 12.5. The van der Waals surface area contributed by atoms with Gasteiger partial charge < -0.3 is 29.8 Å². The molecule has 0 aromatic heterocycles. The fraction of sp³-hybridized carbons (Fsp3) is 0.667. The summed E-state index contributed by atoms with van der Waals surface area (Å²) < 4.78 is 0. The van der Waals surface area contributed by atoms with Gasteiger partial charge in [0.15, 0.2) is 0 Å². The first-order valence-electron chi connectivity index (χ1n) is 20.3. The molecule has 0 saturated carbocycles. The van der Waals surface area contributed by atoms with Crippen LogP contribution in [-0.2, 0) is 6.42 Å². The number of rotatable bonds is 13. The van der Waals surface area contributed by atoms with E-state index in [1.54, 1.807) is 0 Å². The predicted molar refractivity (Wildman–Crippen MR) is 203 cm³/mol. The molecule has 0 spiro atoms. The number of benzene rings is 2. The van der Waals surface area contributed by atoms with Gasteiger partial charge in [-0.15, -0.1) is 0 Å². The molecule has 0 radical (unpaired) electrons. The van der Waals surface area contributed by atoms with Crippen LogP contribution in [0.25, 0.3) is 0 Å². The van der Waals surface area contributed by atoms with E-state index in [2.05, 4.69) is 44.3 Å². The van der Waals surface area contributed by atoms with E-state index in [0.29, 0.717) is 23.0 Å². The Balaban J connectivity index is 1.01. The SMILES string of the molecule is O=C(c1ccc(C(=O)N2CCC(CCN3CCCC3)CC2)c(Nc2cccc(CCN3CCCC3)c2)c1)N1CCC(CCN2CCCC2)CC1. The van der Waals surface area contributed by atoms with Crippen LogP contribution in [0.3, 0.4) is 0 Å². The first kappa shape index (κ1) is 35.5. The zero-order valence-corrected chi connectivity index (χ0v) is 30.6. The Bertz CT molecular complexity index is 1400. The molecule has 5 saturated heterocycles. The van der Waals surface area contributed by atoms with Gasteiger partial charge in [0.2, 0.25) is 0 Å². The molecule has 2 amide bonds. The molecule has 0 atom stereocenters. The van der Waals surface area contributed by atoms with Crippen molar-refractivity contribution in [3.8, 4) is 0 Å². The Labute approximate surface area is 301 Å². The van der Waals surface area contributed by atoms with Crippen molar-refractivity contribution in [3.63, 3.8) is 0 Å².